The number of carbonyl (C=O) groups is 6. The molecule has 0 radical (unpaired) electrons. The molecule has 16 heteroatoms. The maximum Gasteiger partial charge on any atom is 0.407 e. The summed E-state index contributed by atoms with van der Waals surface area (Å²) in [5.74, 6) is 0.303. The number of alkyl carbamates (subject to hydrolysis) is 2. The summed E-state index contributed by atoms with van der Waals surface area (Å²) in [6, 6.07) is 1.42. The largest absolute Gasteiger partial charge is 0.481 e. The molecule has 0 bridgehead atoms. The number of hydrogen-bond acceptors (Lipinski definition) is 12. The summed E-state index contributed by atoms with van der Waals surface area (Å²) in [6.07, 6.45) is 36.7. The predicted molar refractivity (Wildman–Crippen MR) is 367 cm³/mol. The average Bonchev–Trinajstić information content (AvgIpc) is 3.61. The minimum Gasteiger partial charge on any atom is -0.481 e. The third kappa shape index (κ3) is 47.6. The number of ether oxygens (including phenoxy) is 4. The number of hydrogen-bond donors (Lipinski definition) is 6. The highest BCUT2D eigenvalue weighted by Crippen LogP contribution is 2.30. The maximum atomic E-state index is 11.6. The lowest BCUT2D eigenvalue weighted by Crippen LogP contribution is -2.42. The van der Waals surface area contributed by atoms with Crippen LogP contribution in [0.2, 0.25) is 0 Å². The molecule has 4 unspecified atom stereocenters. The first kappa shape index (κ1) is 85.1. The van der Waals surface area contributed by atoms with Crippen LogP contribution >= 0.6 is 0 Å². The van der Waals surface area contributed by atoms with Crippen LogP contribution in [0.1, 0.15) is 239 Å². The van der Waals surface area contributed by atoms with Gasteiger partial charge in [0, 0.05) is 36.2 Å². The van der Waals surface area contributed by atoms with Crippen LogP contribution < -0.4 is 27.8 Å². The lowest BCUT2D eigenvalue weighted by molar-refractivity contribution is -0.145. The van der Waals surface area contributed by atoms with E-state index < -0.39 is 23.1 Å². The number of allylic oxidation sites excluding steroid dienone is 11. The number of primary amides is 1. The first-order valence-electron chi connectivity index (χ1n) is 32.5. The number of aliphatic carboxylic acids is 1. The highest BCUT2D eigenvalue weighted by molar-refractivity contribution is 5.81. The Balaban J connectivity index is 0. The lowest BCUT2D eigenvalue weighted by Gasteiger charge is -2.33. The van der Waals surface area contributed by atoms with Gasteiger partial charge < -0.3 is 51.9 Å². The van der Waals surface area contributed by atoms with Gasteiger partial charge in [-0.05, 0) is 237 Å². The summed E-state index contributed by atoms with van der Waals surface area (Å²) in [7, 11) is 2.76. The van der Waals surface area contributed by atoms with Crippen molar-refractivity contribution >= 4 is 36.0 Å². The number of amides is 3. The van der Waals surface area contributed by atoms with Gasteiger partial charge in [0.05, 0.1) is 26.1 Å². The van der Waals surface area contributed by atoms with E-state index in [0.717, 1.165) is 120 Å². The zero-order valence-corrected chi connectivity index (χ0v) is 58.5. The van der Waals surface area contributed by atoms with E-state index in [-0.39, 0.29) is 47.9 Å². The van der Waals surface area contributed by atoms with E-state index in [9.17, 15) is 28.8 Å². The van der Waals surface area contributed by atoms with Crippen molar-refractivity contribution in [1.29, 1.82) is 0 Å². The fourth-order valence-electron chi connectivity index (χ4n) is 9.54. The maximum absolute atomic E-state index is 11.6. The van der Waals surface area contributed by atoms with Crippen LogP contribution in [0.15, 0.2) is 107 Å². The molecule has 7 aliphatic rings. The van der Waals surface area contributed by atoms with Crippen molar-refractivity contribution < 1.29 is 52.8 Å². The Morgan fingerprint density at radius 1 is 0.517 bits per heavy atom. The van der Waals surface area contributed by atoms with Crippen LogP contribution in [0, 0.1) is 29.6 Å². The third-order valence-electron chi connectivity index (χ3n) is 16.0. The van der Waals surface area contributed by atoms with Crippen molar-refractivity contribution in [3.8, 4) is 0 Å². The summed E-state index contributed by atoms with van der Waals surface area (Å²) >= 11 is 0. The summed E-state index contributed by atoms with van der Waals surface area (Å²) in [6.45, 7) is 40.6. The van der Waals surface area contributed by atoms with Crippen LogP contribution in [-0.4, -0.2) is 90.7 Å². The monoisotopic (exact) mass is 1250 g/mol. The van der Waals surface area contributed by atoms with Crippen molar-refractivity contribution in [1.82, 2.24) is 10.6 Å². The van der Waals surface area contributed by atoms with Crippen molar-refractivity contribution in [2.24, 2.45) is 46.8 Å². The molecule has 9 atom stereocenters. The number of nitrogens with two attached hydrogens (primary N) is 3. The molecule has 0 saturated heterocycles. The molecular weight excluding hydrogens is 1120 g/mol. The van der Waals surface area contributed by atoms with Gasteiger partial charge >= 0.3 is 30.1 Å². The van der Waals surface area contributed by atoms with E-state index in [4.69, 9.17) is 31.8 Å². The Morgan fingerprint density at radius 2 is 0.876 bits per heavy atom. The number of nitrogens with one attached hydrogen (secondary N) is 2. The highest BCUT2D eigenvalue weighted by atomic mass is 16.6. The number of rotatable bonds is 7. The van der Waals surface area contributed by atoms with Crippen molar-refractivity contribution in [2.45, 2.75) is 274 Å². The number of carboxylic acid groups (broad SMARTS) is 1. The normalized spacial score (nSPS) is 24.2. The number of methoxy groups -OCH3 is 2. The third-order valence-corrected chi connectivity index (χ3v) is 16.0. The second-order valence-electron chi connectivity index (χ2n) is 27.1. The molecule has 0 aromatic carbocycles. The van der Waals surface area contributed by atoms with Gasteiger partial charge in [0.15, 0.2) is 0 Å². The summed E-state index contributed by atoms with van der Waals surface area (Å²) in [5.41, 5.74) is 25.2. The fourth-order valence-corrected chi connectivity index (χ4v) is 9.54. The number of carbonyl (C=O) groups excluding carboxylic acids is 5. The van der Waals surface area contributed by atoms with Gasteiger partial charge in [-0.25, -0.2) is 14.4 Å². The zero-order chi connectivity index (χ0) is 68.5. The smallest absolute Gasteiger partial charge is 0.407 e. The van der Waals surface area contributed by atoms with E-state index >= 15 is 0 Å². The van der Waals surface area contributed by atoms with Gasteiger partial charge in [-0.1, -0.05) is 115 Å². The molecule has 508 valence electrons. The van der Waals surface area contributed by atoms with Gasteiger partial charge in [-0.3, -0.25) is 14.4 Å². The van der Waals surface area contributed by atoms with E-state index in [1.165, 1.54) is 79.8 Å². The molecule has 9 N–H and O–H groups in total. The van der Waals surface area contributed by atoms with Crippen LogP contribution in [0.25, 0.3) is 0 Å². The Hall–Kier alpha value is -6.00. The second-order valence-corrected chi connectivity index (χ2v) is 27.1. The molecule has 0 heterocycles. The topological polar surface area (TPSA) is 262 Å². The van der Waals surface area contributed by atoms with Gasteiger partial charge in [0.1, 0.15) is 11.2 Å². The second kappa shape index (κ2) is 47.0. The minimum atomic E-state index is -0.649. The van der Waals surface area contributed by atoms with Crippen LogP contribution in [0.4, 0.5) is 9.59 Å². The van der Waals surface area contributed by atoms with E-state index in [1.807, 2.05) is 54.5 Å². The highest BCUT2D eigenvalue weighted by Gasteiger charge is 2.28. The summed E-state index contributed by atoms with van der Waals surface area (Å²) in [5, 5.41) is 14.5. The molecule has 0 aromatic rings. The van der Waals surface area contributed by atoms with Crippen molar-refractivity contribution in [2.75, 3.05) is 14.2 Å². The summed E-state index contributed by atoms with van der Waals surface area (Å²) in [4.78, 5) is 65.0. The Bertz CT molecular complexity index is 2300. The molecule has 1 fully saturated rings. The molecule has 0 aliphatic heterocycles. The van der Waals surface area contributed by atoms with Crippen LogP contribution in [-0.2, 0) is 38.1 Å². The SMILES string of the molecule is C=CC(=C)C.C=CC(=O)OC.CC1=CCC(C(=O)O)CC1.CC1=CCC(C(N)=O)CC1.CC1=CCC(N)CC1.CC1=CC[C@H](N)CC1.CC1=CC[C@H](NC(=O)OC(C)(C)C)CC1.COC(=O)C1CC=C(C)CC1.C[C@@H]1CC[C@@H](NC(=O)OC(C)(C)C)C[C@H]1C. The molecule has 0 aromatic heterocycles. The van der Waals surface area contributed by atoms with Gasteiger partial charge in [-0.2, -0.15) is 0 Å². The fraction of sp³-hybridized carbons (Fsp3) is 0.671. The lowest BCUT2D eigenvalue weighted by atomic mass is 9.79. The Kier molecular flexibility index (Phi) is 44.9. The molecule has 1 saturated carbocycles. The quantitative estimate of drug-likeness (QED) is 0.0456. The first-order chi connectivity index (χ1) is 41.4. The molecule has 16 nitrogen and oxygen atoms in total. The van der Waals surface area contributed by atoms with E-state index in [0.29, 0.717) is 24.0 Å². The number of carboxylic acids is 1. The Morgan fingerprint density at radius 3 is 1.13 bits per heavy atom. The zero-order valence-electron chi connectivity index (χ0n) is 58.5. The molecule has 7 rings (SSSR count). The van der Waals surface area contributed by atoms with Gasteiger partial charge in [0.2, 0.25) is 5.91 Å². The predicted octanol–water partition coefficient (Wildman–Crippen LogP) is 16.3. The van der Waals surface area contributed by atoms with Crippen molar-refractivity contribution in [3.05, 3.63) is 107 Å². The van der Waals surface area contributed by atoms with Crippen LogP contribution in [0.3, 0.4) is 0 Å². The standard InChI is InChI=1S/C13H25NO2.C12H21NO2.C9H14O2.C8H13NO.C8H12O2.2C7H13N.C5H8.C4H6O2/c1-9-6-7-11(8-10(9)2)14-12(15)16-13(3,4)5;1-9-5-7-10(8-6-9)13-11(14)15-12(2,3)4;1-7-3-5-8(6-4-7)9(10)11-2;2*1-6-2-4-7(5-3-6)8(9)10;2*1-6-2-4-7(8)5-3-6;1-4-5(2)3;1-3-4(5)6-2/h9-11H,6-8H2,1-5H3,(H,14,15);5,10H,6-8H2,1-4H3,(H,13,14);3,8H,4-6H2,1-2H3;2,7H,3-5H2,1H3,(H2,9,10);2,7H,3-5H2,1H3,(H,9,10);2*2,7H,3-5,8H2,1H3;4H,1-2H2,3H3;3H,1H2,2H3/t9-,10-,11-;10-;;;;7-;;;/m10...0.../s1. The molecular formula is C73H125N5O11. The number of esters is 2. The van der Waals surface area contributed by atoms with Crippen molar-refractivity contribution in [3.63, 3.8) is 0 Å². The van der Waals surface area contributed by atoms with E-state index in [2.05, 4.69) is 126 Å². The molecule has 3 amide bonds. The first-order valence-corrected chi connectivity index (χ1v) is 32.5. The molecule has 0 spiro atoms. The van der Waals surface area contributed by atoms with Gasteiger partial charge in [0.25, 0.3) is 0 Å². The molecule has 89 heavy (non-hydrogen) atoms. The molecule has 7 aliphatic carbocycles. The average molecular weight is 1250 g/mol. The van der Waals surface area contributed by atoms with E-state index in [1.54, 1.807) is 6.08 Å². The summed E-state index contributed by atoms with van der Waals surface area (Å²) < 4.78 is 19.2. The Labute approximate surface area is 539 Å². The van der Waals surface area contributed by atoms with Gasteiger partial charge in [-0.15, -0.1) is 0 Å². The van der Waals surface area contributed by atoms with Crippen LogP contribution in [0.5, 0.6) is 0 Å². The minimum absolute atomic E-state index is 0.0613.